The van der Waals surface area contributed by atoms with Crippen LogP contribution in [0.2, 0.25) is 5.02 Å². The van der Waals surface area contributed by atoms with Gasteiger partial charge in [0.1, 0.15) is 12.6 Å². The number of halogens is 1. The quantitative estimate of drug-likeness (QED) is 0.163. The van der Waals surface area contributed by atoms with Gasteiger partial charge < -0.3 is 10.2 Å². The molecule has 7 nitrogen and oxygen atoms in total. The van der Waals surface area contributed by atoms with Crippen molar-refractivity contribution < 1.29 is 18.0 Å². The van der Waals surface area contributed by atoms with Crippen LogP contribution in [0.4, 0.5) is 5.69 Å². The first kappa shape index (κ1) is 32.8. The van der Waals surface area contributed by atoms with Crippen LogP contribution in [0, 0.1) is 6.92 Å². The van der Waals surface area contributed by atoms with Gasteiger partial charge in [-0.05, 0) is 54.3 Å². The smallest absolute Gasteiger partial charge is 0.264 e. The van der Waals surface area contributed by atoms with Gasteiger partial charge in [-0.15, -0.1) is 0 Å². The summed E-state index contributed by atoms with van der Waals surface area (Å²) in [6.07, 6.45) is 1.97. The molecular weight excluding hydrogens is 594 g/mol. The molecule has 0 bridgehead atoms. The summed E-state index contributed by atoms with van der Waals surface area (Å²) >= 11 is 6.43. The molecule has 4 aromatic carbocycles. The number of hydrogen-bond donors (Lipinski definition) is 1. The average molecular weight is 632 g/mol. The lowest BCUT2D eigenvalue weighted by Gasteiger charge is -2.34. The molecule has 4 aromatic rings. The first-order chi connectivity index (χ1) is 21.2. The number of rotatable bonds is 14. The molecule has 44 heavy (non-hydrogen) atoms. The van der Waals surface area contributed by atoms with Gasteiger partial charge in [-0.25, -0.2) is 8.42 Å². The molecule has 0 saturated heterocycles. The van der Waals surface area contributed by atoms with E-state index in [1.54, 1.807) is 36.4 Å². The van der Waals surface area contributed by atoms with Crippen LogP contribution in [-0.4, -0.2) is 44.3 Å². The van der Waals surface area contributed by atoms with E-state index in [0.29, 0.717) is 11.6 Å². The molecule has 0 radical (unpaired) electrons. The van der Waals surface area contributed by atoms with Crippen molar-refractivity contribution in [2.45, 2.75) is 50.6 Å². The van der Waals surface area contributed by atoms with Crippen LogP contribution in [-0.2, 0) is 32.6 Å². The Morgan fingerprint density at radius 2 is 1.43 bits per heavy atom. The molecule has 0 spiro atoms. The van der Waals surface area contributed by atoms with E-state index in [4.69, 9.17) is 11.6 Å². The Hall–Kier alpha value is -4.14. The molecule has 2 amide bonds. The first-order valence-corrected chi connectivity index (χ1v) is 16.5. The summed E-state index contributed by atoms with van der Waals surface area (Å²) < 4.78 is 29.2. The maximum Gasteiger partial charge on any atom is 0.264 e. The second-order valence-electron chi connectivity index (χ2n) is 10.6. The molecule has 0 heterocycles. The zero-order valence-corrected chi connectivity index (χ0v) is 26.6. The number of benzene rings is 4. The highest BCUT2D eigenvalue weighted by molar-refractivity contribution is 7.92. The van der Waals surface area contributed by atoms with E-state index < -0.39 is 28.5 Å². The van der Waals surface area contributed by atoms with E-state index in [9.17, 15) is 18.0 Å². The molecule has 0 fully saturated rings. The first-order valence-electron chi connectivity index (χ1n) is 14.7. The van der Waals surface area contributed by atoms with Gasteiger partial charge in [0.25, 0.3) is 10.0 Å². The molecule has 0 aliphatic heterocycles. The third-order valence-corrected chi connectivity index (χ3v) is 9.55. The van der Waals surface area contributed by atoms with Crippen LogP contribution >= 0.6 is 11.6 Å². The van der Waals surface area contributed by atoms with Crippen molar-refractivity contribution in [1.29, 1.82) is 0 Å². The lowest BCUT2D eigenvalue weighted by atomic mass is 10.0. The van der Waals surface area contributed by atoms with Gasteiger partial charge in [0.15, 0.2) is 0 Å². The number of nitrogens with zero attached hydrogens (tertiary/aromatic N) is 2. The predicted molar refractivity (Wildman–Crippen MR) is 176 cm³/mol. The van der Waals surface area contributed by atoms with Crippen LogP contribution in [0.15, 0.2) is 114 Å². The highest BCUT2D eigenvalue weighted by Gasteiger charge is 2.34. The largest absolute Gasteiger partial charge is 0.354 e. The average Bonchev–Trinajstić information content (AvgIpc) is 3.04. The van der Waals surface area contributed by atoms with E-state index in [2.05, 4.69) is 5.32 Å². The normalized spacial score (nSPS) is 11.9. The Kier molecular flexibility index (Phi) is 11.6. The molecule has 0 aliphatic carbocycles. The number of carbonyl (C=O) groups excluding carboxylic acids is 2. The van der Waals surface area contributed by atoms with E-state index in [1.807, 2.05) is 74.5 Å². The minimum atomic E-state index is -4.18. The zero-order valence-electron chi connectivity index (χ0n) is 25.0. The number of amides is 2. The van der Waals surface area contributed by atoms with E-state index in [0.717, 1.165) is 33.8 Å². The molecule has 9 heteroatoms. The predicted octanol–water partition coefficient (Wildman–Crippen LogP) is 6.40. The third-order valence-electron chi connectivity index (χ3n) is 7.35. The van der Waals surface area contributed by atoms with Crippen LogP contribution in [0.5, 0.6) is 0 Å². The number of nitrogens with one attached hydrogen (secondary N) is 1. The summed E-state index contributed by atoms with van der Waals surface area (Å²) in [5.74, 6) is -0.806. The topological polar surface area (TPSA) is 86.8 Å². The summed E-state index contributed by atoms with van der Waals surface area (Å²) in [6.45, 7) is 3.92. The molecule has 0 aliphatic rings. The number of unbranched alkanes of at least 4 members (excludes halogenated alkanes) is 1. The zero-order chi connectivity index (χ0) is 31.5. The number of sulfonamides is 1. The monoisotopic (exact) mass is 631 g/mol. The fourth-order valence-corrected chi connectivity index (χ4v) is 6.43. The van der Waals surface area contributed by atoms with E-state index in [1.165, 1.54) is 17.0 Å². The summed E-state index contributed by atoms with van der Waals surface area (Å²) in [6, 6.07) is 30.9. The molecule has 0 saturated carbocycles. The molecule has 230 valence electrons. The number of hydrogen-bond acceptors (Lipinski definition) is 4. The summed E-state index contributed by atoms with van der Waals surface area (Å²) in [5, 5.41) is 3.37. The maximum absolute atomic E-state index is 14.4. The highest BCUT2D eigenvalue weighted by atomic mass is 35.5. The van der Waals surface area contributed by atoms with Gasteiger partial charge in [-0.1, -0.05) is 110 Å². The van der Waals surface area contributed by atoms with Crippen LogP contribution in [0.3, 0.4) is 0 Å². The number of aryl methyl sites for hydroxylation is 1. The third kappa shape index (κ3) is 8.49. The van der Waals surface area contributed by atoms with E-state index >= 15 is 0 Å². The maximum atomic E-state index is 14.4. The summed E-state index contributed by atoms with van der Waals surface area (Å²) in [5.41, 5.74) is 2.73. The Bertz CT molecular complexity index is 1630. The lowest BCUT2D eigenvalue weighted by Crippen LogP contribution is -2.53. The van der Waals surface area contributed by atoms with Gasteiger partial charge in [0.05, 0.1) is 10.6 Å². The van der Waals surface area contributed by atoms with Gasteiger partial charge in [-0.2, -0.15) is 0 Å². The van der Waals surface area contributed by atoms with E-state index in [-0.39, 0.29) is 29.5 Å². The fraction of sp³-hybridized carbons (Fsp3) is 0.257. The SMILES string of the molecule is CCCCNC(=O)[C@H](Cc1ccccc1)N(Cc1ccccc1)C(=O)CN(c1ccc(C)c(Cl)c1)S(=O)(=O)c1ccccc1. The molecule has 4 rings (SSSR count). The van der Waals surface area contributed by atoms with Crippen LogP contribution < -0.4 is 9.62 Å². The molecule has 1 atom stereocenters. The Morgan fingerprint density at radius 3 is 2.02 bits per heavy atom. The fourth-order valence-electron chi connectivity index (χ4n) is 4.83. The van der Waals surface area contributed by atoms with Crippen molar-refractivity contribution in [3.8, 4) is 0 Å². The second-order valence-corrected chi connectivity index (χ2v) is 12.9. The summed E-state index contributed by atoms with van der Waals surface area (Å²) in [4.78, 5) is 29.7. The molecular formula is C35H38ClN3O4S. The van der Waals surface area contributed by atoms with Crippen LogP contribution in [0.25, 0.3) is 0 Å². The minimum Gasteiger partial charge on any atom is -0.354 e. The molecule has 1 N–H and O–H groups in total. The van der Waals surface area contributed by atoms with Gasteiger partial charge >= 0.3 is 0 Å². The minimum absolute atomic E-state index is 0.0391. The van der Waals surface area contributed by atoms with Crippen molar-refractivity contribution in [3.05, 3.63) is 131 Å². The number of carbonyl (C=O) groups is 2. The number of anilines is 1. The molecule has 0 unspecified atom stereocenters. The lowest BCUT2D eigenvalue weighted by molar-refractivity contribution is -0.140. The van der Waals surface area contributed by atoms with Crippen molar-refractivity contribution in [2.24, 2.45) is 0 Å². The van der Waals surface area contributed by atoms with Gasteiger partial charge in [-0.3, -0.25) is 13.9 Å². The van der Waals surface area contributed by atoms with Gasteiger partial charge in [0.2, 0.25) is 11.8 Å². The van der Waals surface area contributed by atoms with Crippen LogP contribution in [0.1, 0.15) is 36.5 Å². The Labute approximate surface area is 265 Å². The van der Waals surface area contributed by atoms with Crippen molar-refractivity contribution >= 4 is 39.1 Å². The standard InChI is InChI=1S/C35H38ClN3O4S/c1-3-4-22-37-35(41)33(23-28-14-8-5-9-15-28)38(25-29-16-10-6-11-17-29)34(40)26-39(30-21-20-27(2)32(36)24-30)44(42,43)31-18-12-7-13-19-31/h5-21,24,33H,3-4,22-23,25-26H2,1-2H3,(H,37,41)/t33-/m0/s1. The molecule has 0 aromatic heterocycles. The Morgan fingerprint density at radius 1 is 0.841 bits per heavy atom. The second kappa shape index (κ2) is 15.5. The van der Waals surface area contributed by atoms with Crippen molar-refractivity contribution in [3.63, 3.8) is 0 Å². The van der Waals surface area contributed by atoms with Crippen molar-refractivity contribution in [1.82, 2.24) is 10.2 Å². The summed E-state index contributed by atoms with van der Waals surface area (Å²) in [7, 11) is -4.18. The Balaban J connectivity index is 1.78. The van der Waals surface area contributed by atoms with Crippen molar-refractivity contribution in [2.75, 3.05) is 17.4 Å². The highest BCUT2D eigenvalue weighted by Crippen LogP contribution is 2.29. The van der Waals surface area contributed by atoms with Gasteiger partial charge in [0, 0.05) is 24.5 Å².